The summed E-state index contributed by atoms with van der Waals surface area (Å²) in [5, 5.41) is 2.22. The van der Waals surface area contributed by atoms with Gasteiger partial charge in [0.25, 0.3) is 0 Å². The molecule has 0 bridgehead atoms. The summed E-state index contributed by atoms with van der Waals surface area (Å²) in [5.41, 5.74) is 0.558. The summed E-state index contributed by atoms with van der Waals surface area (Å²) in [5.74, 6) is -1.79. The van der Waals surface area contributed by atoms with E-state index >= 15 is 0 Å². The van der Waals surface area contributed by atoms with Gasteiger partial charge < -0.3 is 15.2 Å². The summed E-state index contributed by atoms with van der Waals surface area (Å²) in [6.45, 7) is -0.154. The molecule has 9 heteroatoms. The Labute approximate surface area is 129 Å². The Bertz CT molecular complexity index is 845. The zero-order valence-electron chi connectivity index (χ0n) is 12.0. The Morgan fingerprint density at radius 2 is 2.00 bits per heavy atom. The molecule has 23 heavy (non-hydrogen) atoms. The largest absolute Gasteiger partial charge is 0.348 e. The summed E-state index contributed by atoms with van der Waals surface area (Å²) in [7, 11) is 1.62. The maximum atomic E-state index is 13.5. The van der Waals surface area contributed by atoms with Crippen molar-refractivity contribution in [1.82, 2.24) is 19.9 Å². The second-order valence-electron chi connectivity index (χ2n) is 4.80. The van der Waals surface area contributed by atoms with Crippen molar-refractivity contribution in [1.29, 1.82) is 0 Å². The average Bonchev–Trinajstić information content (AvgIpc) is 2.99. The molecule has 3 rings (SSSR count). The number of likely N-dealkylation sites (N-methyl/N-ethyl adjacent to an activating group) is 1. The highest BCUT2D eigenvalue weighted by Gasteiger charge is 2.16. The van der Waals surface area contributed by atoms with Gasteiger partial charge in [0, 0.05) is 7.05 Å². The van der Waals surface area contributed by atoms with Gasteiger partial charge in [-0.25, -0.2) is 23.7 Å². The number of halogens is 2. The number of hydrogen-bond donors (Lipinski definition) is 2. The molecule has 0 radical (unpaired) electrons. The summed E-state index contributed by atoms with van der Waals surface area (Å²) < 4.78 is 27.1. The number of fused-ring (bicyclic) bond motifs is 1. The predicted molar refractivity (Wildman–Crippen MR) is 79.9 cm³/mol. The molecule has 2 aromatic heterocycles. The van der Waals surface area contributed by atoms with Gasteiger partial charge in [-0.15, -0.1) is 0 Å². The van der Waals surface area contributed by atoms with Crippen molar-refractivity contribution >= 4 is 28.6 Å². The molecule has 0 unspecified atom stereocenters. The summed E-state index contributed by atoms with van der Waals surface area (Å²) >= 11 is 0. The summed E-state index contributed by atoms with van der Waals surface area (Å²) in [6, 6.07) is 3.37. The first-order valence-electron chi connectivity index (χ1n) is 6.65. The number of imidazole rings is 1. The topological polar surface area (TPSA) is 86.8 Å². The lowest BCUT2D eigenvalue weighted by molar-refractivity contribution is -0.115. The van der Waals surface area contributed by atoms with Crippen LogP contribution in [0, 0.1) is 11.6 Å². The number of aromatic amines is 1. The number of carbonyl (C=O) groups excluding carboxylic acids is 1. The number of carbonyl (C=O) groups is 1. The molecular formula is C14H12F2N6O. The van der Waals surface area contributed by atoms with Gasteiger partial charge in [0.1, 0.15) is 29.2 Å². The molecule has 118 valence electrons. The number of amides is 1. The molecule has 0 saturated carbocycles. The zero-order valence-corrected chi connectivity index (χ0v) is 12.0. The minimum absolute atomic E-state index is 0.154. The van der Waals surface area contributed by atoms with Crippen LogP contribution in [0.15, 0.2) is 30.9 Å². The Balaban J connectivity index is 1.76. The van der Waals surface area contributed by atoms with E-state index in [9.17, 15) is 13.6 Å². The maximum Gasteiger partial charge on any atom is 0.244 e. The summed E-state index contributed by atoms with van der Waals surface area (Å²) in [4.78, 5) is 28.5. The minimum Gasteiger partial charge on any atom is -0.348 e. The Kier molecular flexibility index (Phi) is 3.83. The first-order chi connectivity index (χ1) is 11.1. The maximum absolute atomic E-state index is 13.5. The van der Waals surface area contributed by atoms with Gasteiger partial charge in [0.05, 0.1) is 12.9 Å². The van der Waals surface area contributed by atoms with Gasteiger partial charge in [-0.2, -0.15) is 0 Å². The second kappa shape index (κ2) is 5.95. The SMILES string of the molecule is CN(CC(=O)Nc1c(F)cccc1F)c1ncnc2nc[nH]c12. The molecule has 2 heterocycles. The van der Waals surface area contributed by atoms with Crippen LogP contribution in [0.25, 0.3) is 11.2 Å². The Hall–Kier alpha value is -3.10. The number of hydrogen-bond acceptors (Lipinski definition) is 5. The Morgan fingerprint density at radius 1 is 1.26 bits per heavy atom. The van der Waals surface area contributed by atoms with Gasteiger partial charge in [-0.3, -0.25) is 4.79 Å². The van der Waals surface area contributed by atoms with Crippen LogP contribution in [-0.2, 0) is 4.79 Å². The van der Waals surface area contributed by atoms with Crippen LogP contribution in [-0.4, -0.2) is 39.4 Å². The molecule has 0 fully saturated rings. The number of rotatable bonds is 4. The lowest BCUT2D eigenvalue weighted by Gasteiger charge is -2.18. The third-order valence-electron chi connectivity index (χ3n) is 3.17. The molecule has 0 aliphatic heterocycles. The highest BCUT2D eigenvalue weighted by Crippen LogP contribution is 2.20. The van der Waals surface area contributed by atoms with Crippen LogP contribution in [0.5, 0.6) is 0 Å². The van der Waals surface area contributed by atoms with E-state index in [1.54, 1.807) is 7.05 Å². The second-order valence-corrected chi connectivity index (χ2v) is 4.80. The van der Waals surface area contributed by atoms with E-state index < -0.39 is 23.2 Å². The van der Waals surface area contributed by atoms with Crippen molar-refractivity contribution in [2.45, 2.75) is 0 Å². The molecule has 0 spiro atoms. The molecule has 3 aromatic rings. The van der Waals surface area contributed by atoms with E-state index in [0.717, 1.165) is 12.1 Å². The van der Waals surface area contributed by atoms with Gasteiger partial charge in [-0.05, 0) is 12.1 Å². The van der Waals surface area contributed by atoms with E-state index in [0.29, 0.717) is 17.0 Å². The lowest BCUT2D eigenvalue weighted by Crippen LogP contribution is -2.31. The monoisotopic (exact) mass is 318 g/mol. The number of H-pyrrole nitrogens is 1. The highest BCUT2D eigenvalue weighted by molar-refractivity contribution is 5.95. The number of anilines is 2. The molecule has 0 aliphatic carbocycles. The van der Waals surface area contributed by atoms with Crippen molar-refractivity contribution in [3.63, 3.8) is 0 Å². The number of benzene rings is 1. The van der Waals surface area contributed by atoms with Crippen LogP contribution in [0.2, 0.25) is 0 Å². The first kappa shape index (κ1) is 14.8. The van der Waals surface area contributed by atoms with Crippen LogP contribution in [0.3, 0.4) is 0 Å². The number of nitrogens with one attached hydrogen (secondary N) is 2. The van der Waals surface area contributed by atoms with E-state index in [4.69, 9.17) is 0 Å². The minimum atomic E-state index is -0.834. The normalized spacial score (nSPS) is 10.7. The molecule has 0 saturated heterocycles. The standard InChI is InChI=1S/C14H12F2N6O/c1-22(14-12-13(18-6-17-12)19-7-20-14)5-10(23)21-11-8(15)3-2-4-9(11)16/h2-4,6-7H,5H2,1H3,(H,21,23)(H,17,18,19,20). The van der Waals surface area contributed by atoms with Gasteiger partial charge in [0.15, 0.2) is 11.5 Å². The van der Waals surface area contributed by atoms with Crippen molar-refractivity contribution in [3.8, 4) is 0 Å². The first-order valence-corrected chi connectivity index (χ1v) is 6.65. The fourth-order valence-corrected chi connectivity index (χ4v) is 2.13. The highest BCUT2D eigenvalue weighted by atomic mass is 19.1. The van der Waals surface area contributed by atoms with Crippen LogP contribution >= 0.6 is 0 Å². The Morgan fingerprint density at radius 3 is 2.74 bits per heavy atom. The van der Waals surface area contributed by atoms with Gasteiger partial charge in [-0.1, -0.05) is 6.07 Å². The van der Waals surface area contributed by atoms with E-state index in [-0.39, 0.29) is 6.54 Å². The zero-order chi connectivity index (χ0) is 16.4. The van der Waals surface area contributed by atoms with Crippen molar-refractivity contribution < 1.29 is 13.6 Å². The van der Waals surface area contributed by atoms with E-state index in [1.165, 1.54) is 23.6 Å². The van der Waals surface area contributed by atoms with E-state index in [2.05, 4.69) is 25.3 Å². The molecule has 0 atom stereocenters. The predicted octanol–water partition coefficient (Wildman–Crippen LogP) is 1.71. The van der Waals surface area contributed by atoms with Crippen molar-refractivity contribution in [3.05, 3.63) is 42.5 Å². The van der Waals surface area contributed by atoms with Crippen LogP contribution < -0.4 is 10.2 Å². The fraction of sp³-hybridized carbons (Fsp3) is 0.143. The quantitative estimate of drug-likeness (QED) is 0.765. The van der Waals surface area contributed by atoms with Crippen LogP contribution in [0.4, 0.5) is 20.3 Å². The van der Waals surface area contributed by atoms with Crippen molar-refractivity contribution in [2.75, 3.05) is 23.8 Å². The third-order valence-corrected chi connectivity index (χ3v) is 3.17. The third kappa shape index (κ3) is 2.93. The molecule has 1 amide bonds. The molecule has 7 nitrogen and oxygen atoms in total. The van der Waals surface area contributed by atoms with E-state index in [1.807, 2.05) is 0 Å². The lowest BCUT2D eigenvalue weighted by atomic mass is 10.3. The number of para-hydroxylation sites is 1. The fourth-order valence-electron chi connectivity index (χ4n) is 2.13. The average molecular weight is 318 g/mol. The van der Waals surface area contributed by atoms with Gasteiger partial charge in [0.2, 0.25) is 5.91 Å². The molecular weight excluding hydrogens is 306 g/mol. The number of aromatic nitrogens is 4. The smallest absolute Gasteiger partial charge is 0.244 e. The van der Waals surface area contributed by atoms with Crippen molar-refractivity contribution in [2.24, 2.45) is 0 Å². The molecule has 1 aromatic carbocycles. The van der Waals surface area contributed by atoms with Gasteiger partial charge >= 0.3 is 0 Å². The summed E-state index contributed by atoms with van der Waals surface area (Å²) in [6.07, 6.45) is 2.79. The molecule has 0 aliphatic rings. The van der Waals surface area contributed by atoms with Crippen LogP contribution in [0.1, 0.15) is 0 Å². The number of nitrogens with zero attached hydrogens (tertiary/aromatic N) is 4. The molecule has 2 N–H and O–H groups in total.